The molecule has 2 heterocycles. The molecule has 0 fully saturated rings. The molecule has 6 aromatic rings. The number of anilines is 6. The molecule has 2 nitrogen and oxygen atoms in total. The Morgan fingerprint density at radius 3 is 1.79 bits per heavy atom. The lowest BCUT2D eigenvalue weighted by atomic mass is 9.34. The Hall–Kier alpha value is -5.02. The summed E-state index contributed by atoms with van der Waals surface area (Å²) in [6, 6.07) is 55.3. The fourth-order valence-corrected chi connectivity index (χ4v) is 7.14. The quantitative estimate of drug-likeness (QED) is 0.209. The van der Waals surface area contributed by atoms with Crippen LogP contribution in [0.2, 0.25) is 0 Å². The van der Waals surface area contributed by atoms with Crippen LogP contribution in [0.15, 0.2) is 152 Å². The minimum absolute atomic E-state index is 0.116. The van der Waals surface area contributed by atoms with Gasteiger partial charge in [-0.05, 0) is 64.5 Å². The van der Waals surface area contributed by atoms with Crippen molar-refractivity contribution in [1.29, 1.82) is 0 Å². The molecule has 0 spiro atoms. The van der Waals surface area contributed by atoms with Crippen LogP contribution >= 0.6 is 0 Å². The van der Waals surface area contributed by atoms with Crippen molar-refractivity contribution in [2.75, 3.05) is 9.80 Å². The second-order valence-electron chi connectivity index (χ2n) is 11.8. The van der Waals surface area contributed by atoms with Gasteiger partial charge in [-0.25, -0.2) is 0 Å². The number of nitrogens with zero attached hydrogens (tertiary/aromatic N) is 2. The Bertz CT molecular complexity index is 1880. The van der Waals surface area contributed by atoms with Crippen molar-refractivity contribution < 1.29 is 0 Å². The van der Waals surface area contributed by atoms with Gasteiger partial charge in [-0.15, -0.1) is 0 Å². The first-order valence-corrected chi connectivity index (χ1v) is 14.7. The zero-order chi connectivity index (χ0) is 28.3. The smallest absolute Gasteiger partial charge is 0.246 e. The molecular weight excluding hydrogens is 507 g/mol. The van der Waals surface area contributed by atoms with Crippen molar-refractivity contribution in [2.24, 2.45) is 0 Å². The molecule has 0 atom stereocenters. The van der Waals surface area contributed by atoms with Crippen molar-refractivity contribution in [3.8, 4) is 0 Å². The van der Waals surface area contributed by atoms with Crippen molar-refractivity contribution in [1.82, 2.24) is 0 Å². The Morgan fingerprint density at radius 2 is 1.10 bits per heavy atom. The monoisotopic (exact) mass is 538 g/mol. The lowest BCUT2D eigenvalue weighted by molar-refractivity contribution is 0.632. The van der Waals surface area contributed by atoms with Gasteiger partial charge in [0.1, 0.15) is 0 Å². The molecule has 0 bridgehead atoms. The number of fused-ring (bicyclic) bond motifs is 4. The summed E-state index contributed by atoms with van der Waals surface area (Å²) in [6.45, 7) is 4.88. The molecule has 2 aliphatic heterocycles. The van der Waals surface area contributed by atoms with E-state index in [0.717, 1.165) is 17.1 Å². The lowest BCUT2D eigenvalue weighted by Crippen LogP contribution is -2.58. The van der Waals surface area contributed by atoms with Crippen molar-refractivity contribution in [3.63, 3.8) is 0 Å². The molecule has 0 N–H and O–H groups in total. The van der Waals surface area contributed by atoms with Gasteiger partial charge >= 0.3 is 0 Å². The average Bonchev–Trinajstić information content (AvgIpc) is 3.04. The first-order chi connectivity index (χ1) is 20.6. The number of rotatable bonds is 4. The summed E-state index contributed by atoms with van der Waals surface area (Å²) < 4.78 is 0. The first kappa shape index (κ1) is 24.8. The van der Waals surface area contributed by atoms with E-state index >= 15 is 0 Å². The van der Waals surface area contributed by atoms with Crippen LogP contribution in [0.4, 0.5) is 34.1 Å². The largest absolute Gasteiger partial charge is 0.311 e. The third-order valence-electron chi connectivity index (χ3n) is 9.08. The van der Waals surface area contributed by atoms with Crippen LogP contribution in [0, 0.1) is 0 Å². The predicted molar refractivity (Wildman–Crippen MR) is 179 cm³/mol. The minimum atomic E-state index is -0.116. The average molecular weight is 539 g/mol. The van der Waals surface area contributed by atoms with Gasteiger partial charge in [0, 0.05) is 33.9 Å². The molecule has 0 aromatic heterocycles. The lowest BCUT2D eigenvalue weighted by Gasteiger charge is -2.47. The minimum Gasteiger partial charge on any atom is -0.311 e. The predicted octanol–water partition coefficient (Wildman–Crippen LogP) is 8.10. The second-order valence-corrected chi connectivity index (χ2v) is 11.8. The van der Waals surface area contributed by atoms with Crippen LogP contribution < -0.4 is 26.2 Å². The molecule has 2 aliphatic rings. The highest BCUT2D eigenvalue weighted by molar-refractivity contribution is 6.98. The molecule has 0 aliphatic carbocycles. The Morgan fingerprint density at radius 1 is 0.500 bits per heavy atom. The fraction of sp³-hybridized carbons (Fsp3) is 0.0769. The molecule has 0 saturated carbocycles. The van der Waals surface area contributed by atoms with E-state index in [1.807, 2.05) is 0 Å². The summed E-state index contributed by atoms with van der Waals surface area (Å²) in [6.07, 6.45) is 0. The molecule has 0 saturated heterocycles. The molecule has 3 heteroatoms. The topological polar surface area (TPSA) is 6.48 Å². The van der Waals surface area contributed by atoms with Crippen LogP contribution in [-0.4, -0.2) is 6.71 Å². The summed E-state index contributed by atoms with van der Waals surface area (Å²) in [5, 5.41) is 0. The van der Waals surface area contributed by atoms with Gasteiger partial charge in [0.2, 0.25) is 6.71 Å². The van der Waals surface area contributed by atoms with E-state index in [0.29, 0.717) is 0 Å². The van der Waals surface area contributed by atoms with E-state index in [9.17, 15) is 0 Å². The van der Waals surface area contributed by atoms with E-state index in [4.69, 9.17) is 0 Å². The molecule has 200 valence electrons. The van der Waals surface area contributed by atoms with Gasteiger partial charge in [-0.3, -0.25) is 0 Å². The second kappa shape index (κ2) is 9.53. The molecule has 8 rings (SSSR count). The Kier molecular flexibility index (Phi) is 5.62. The normalized spacial score (nSPS) is 14.0. The third-order valence-corrected chi connectivity index (χ3v) is 9.08. The highest BCUT2D eigenvalue weighted by Gasteiger charge is 2.44. The molecular formula is C39H31BN2. The molecule has 42 heavy (non-hydrogen) atoms. The number of hydrogen-bond acceptors (Lipinski definition) is 2. The number of benzene rings is 6. The van der Waals surface area contributed by atoms with Gasteiger partial charge in [0.05, 0.1) is 5.69 Å². The van der Waals surface area contributed by atoms with Gasteiger partial charge < -0.3 is 9.80 Å². The van der Waals surface area contributed by atoms with Crippen LogP contribution in [0.1, 0.15) is 25.0 Å². The van der Waals surface area contributed by atoms with E-state index in [1.165, 1.54) is 44.6 Å². The van der Waals surface area contributed by atoms with Gasteiger partial charge in [0.15, 0.2) is 0 Å². The Balaban J connectivity index is 1.43. The van der Waals surface area contributed by atoms with E-state index in [-0.39, 0.29) is 12.1 Å². The summed E-state index contributed by atoms with van der Waals surface area (Å²) in [5.74, 6) is 0. The Labute approximate surface area is 248 Å². The first-order valence-electron chi connectivity index (χ1n) is 14.7. The van der Waals surface area contributed by atoms with Crippen molar-refractivity contribution in [2.45, 2.75) is 19.3 Å². The highest BCUT2D eigenvalue weighted by atomic mass is 15.2. The third kappa shape index (κ3) is 3.67. The van der Waals surface area contributed by atoms with Crippen LogP contribution in [-0.2, 0) is 5.41 Å². The maximum Gasteiger partial charge on any atom is 0.246 e. The van der Waals surface area contributed by atoms with Crippen molar-refractivity contribution in [3.05, 3.63) is 163 Å². The van der Waals surface area contributed by atoms with Crippen LogP contribution in [0.3, 0.4) is 0 Å². The van der Waals surface area contributed by atoms with Gasteiger partial charge in [0.25, 0.3) is 0 Å². The van der Waals surface area contributed by atoms with Gasteiger partial charge in [-0.2, -0.15) is 0 Å². The number of hydrogen-bond donors (Lipinski definition) is 0. The molecule has 6 aromatic carbocycles. The van der Waals surface area contributed by atoms with Gasteiger partial charge in [-0.1, -0.05) is 129 Å². The van der Waals surface area contributed by atoms with E-state index in [1.54, 1.807) is 0 Å². The standard InChI is InChI=1S/C39H31BN2/c1-39(2)32-21-12-13-24-36(32)42-37-27-31(41(29-17-8-4-9-18-29)30-19-10-5-11-20-30)25-26-34(37)40(28-15-6-3-7-16-28)35-23-14-22-33(39)38(35)42/h3-27H,1-2H3. The van der Waals surface area contributed by atoms with Crippen molar-refractivity contribution >= 4 is 57.2 Å². The molecule has 0 amide bonds. The summed E-state index contributed by atoms with van der Waals surface area (Å²) in [4.78, 5) is 4.90. The summed E-state index contributed by atoms with van der Waals surface area (Å²) in [5.41, 5.74) is 13.9. The van der Waals surface area contributed by atoms with E-state index in [2.05, 4.69) is 175 Å². The zero-order valence-corrected chi connectivity index (χ0v) is 23.9. The SMILES string of the molecule is CC1(C)c2ccccc2N2c3cc(N(c4ccccc4)c4ccccc4)ccc3B(c3ccccc3)c3cccc1c32. The number of para-hydroxylation sites is 4. The van der Waals surface area contributed by atoms with Crippen LogP contribution in [0.25, 0.3) is 0 Å². The maximum absolute atomic E-state index is 2.54. The van der Waals surface area contributed by atoms with E-state index < -0.39 is 0 Å². The molecule has 0 unspecified atom stereocenters. The fourth-order valence-electron chi connectivity index (χ4n) is 7.14. The maximum atomic E-state index is 2.54. The zero-order valence-electron chi connectivity index (χ0n) is 23.9. The molecule has 0 radical (unpaired) electrons. The van der Waals surface area contributed by atoms with Crippen LogP contribution in [0.5, 0.6) is 0 Å². The highest BCUT2D eigenvalue weighted by Crippen LogP contribution is 2.52. The summed E-state index contributed by atoms with van der Waals surface area (Å²) >= 11 is 0. The summed E-state index contributed by atoms with van der Waals surface area (Å²) in [7, 11) is 0.